The molecule has 0 saturated carbocycles. The number of anilines is 1. The van der Waals surface area contributed by atoms with Crippen molar-refractivity contribution in [3.05, 3.63) is 17.8 Å². The van der Waals surface area contributed by atoms with E-state index in [2.05, 4.69) is 10.1 Å². The maximum absolute atomic E-state index is 9.31. The summed E-state index contributed by atoms with van der Waals surface area (Å²) in [5.74, 6) is 0.287. The molecule has 2 aromatic rings. The fourth-order valence-corrected chi connectivity index (χ4v) is 2.50. The van der Waals surface area contributed by atoms with Crippen molar-refractivity contribution in [2.45, 2.75) is 24.5 Å². The lowest BCUT2D eigenvalue weighted by atomic mass is 10.0. The third-order valence-corrected chi connectivity index (χ3v) is 3.55. The number of rotatable bonds is 2. The van der Waals surface area contributed by atoms with Gasteiger partial charge in [-0.05, 0) is 25.0 Å². The molecule has 7 nitrogen and oxygen atoms in total. The van der Waals surface area contributed by atoms with E-state index in [1.807, 2.05) is 12.1 Å². The molecule has 2 radical (unpaired) electrons. The number of nitrogen functional groups attached to an aromatic ring is 1. The van der Waals surface area contributed by atoms with Gasteiger partial charge in [0, 0.05) is 0 Å². The van der Waals surface area contributed by atoms with E-state index in [-0.39, 0.29) is 24.3 Å². The minimum absolute atomic E-state index is 0.0687. The van der Waals surface area contributed by atoms with E-state index in [0.29, 0.717) is 18.4 Å². The van der Waals surface area contributed by atoms with Gasteiger partial charge in [-0.1, -0.05) is 0 Å². The average Bonchev–Trinajstić information content (AvgIpc) is 3.02. The molecular formula is C12H12BN5O2. The highest BCUT2D eigenvalue weighted by Gasteiger charge is 2.41. The maximum Gasteiger partial charge on any atom is 0.177 e. The molecule has 2 unspecified atom stereocenters. The standard InChI is InChI=1S/C12H12BN5O2/c13-11-16-10(15)8-2-1-7(18(8)17-11)9-3-4-12(5-14,6-19)20-9/h1-2,9,19H,3-4,6H2,(H2,15,16,17). The van der Waals surface area contributed by atoms with Crippen molar-refractivity contribution in [3.8, 4) is 6.07 Å². The lowest BCUT2D eigenvalue weighted by molar-refractivity contribution is -0.0386. The minimum Gasteiger partial charge on any atom is -0.392 e. The molecule has 2 atom stereocenters. The van der Waals surface area contributed by atoms with Crippen molar-refractivity contribution in [3.63, 3.8) is 0 Å². The van der Waals surface area contributed by atoms with Gasteiger partial charge in [-0.15, -0.1) is 0 Å². The summed E-state index contributed by atoms with van der Waals surface area (Å²) in [5, 5.41) is 22.6. The topological polar surface area (TPSA) is 109 Å². The summed E-state index contributed by atoms with van der Waals surface area (Å²) in [4.78, 5) is 3.89. The van der Waals surface area contributed by atoms with Crippen LogP contribution in [0.4, 0.5) is 5.82 Å². The van der Waals surface area contributed by atoms with Crippen LogP contribution in [0.25, 0.3) is 5.52 Å². The predicted octanol–water partition coefficient (Wildman–Crippen LogP) is -0.789. The molecule has 0 amide bonds. The van der Waals surface area contributed by atoms with Crippen molar-refractivity contribution in [1.29, 1.82) is 5.26 Å². The van der Waals surface area contributed by atoms with Crippen LogP contribution in [0, 0.1) is 11.3 Å². The van der Waals surface area contributed by atoms with Crippen LogP contribution in [-0.2, 0) is 4.74 Å². The molecule has 1 saturated heterocycles. The van der Waals surface area contributed by atoms with Crippen molar-refractivity contribution in [1.82, 2.24) is 14.6 Å². The van der Waals surface area contributed by atoms with Crippen molar-refractivity contribution >= 4 is 24.9 Å². The van der Waals surface area contributed by atoms with Crippen LogP contribution in [0.1, 0.15) is 24.6 Å². The Balaban J connectivity index is 2.03. The van der Waals surface area contributed by atoms with Gasteiger partial charge >= 0.3 is 0 Å². The summed E-state index contributed by atoms with van der Waals surface area (Å²) < 4.78 is 7.28. The molecule has 3 rings (SSSR count). The minimum atomic E-state index is -1.14. The molecule has 1 aliphatic heterocycles. The normalized spacial score (nSPS) is 25.9. The summed E-state index contributed by atoms with van der Waals surface area (Å²) in [5.41, 5.74) is 6.10. The third-order valence-electron chi connectivity index (χ3n) is 3.55. The average molecular weight is 269 g/mol. The second-order valence-electron chi connectivity index (χ2n) is 4.82. The van der Waals surface area contributed by atoms with Crippen LogP contribution >= 0.6 is 0 Å². The number of nitrogens with zero attached hydrogens (tertiary/aromatic N) is 4. The van der Waals surface area contributed by atoms with Crippen LogP contribution in [-0.4, -0.2) is 39.8 Å². The smallest absolute Gasteiger partial charge is 0.177 e. The van der Waals surface area contributed by atoms with E-state index in [9.17, 15) is 5.11 Å². The van der Waals surface area contributed by atoms with E-state index in [1.165, 1.54) is 0 Å². The first-order chi connectivity index (χ1) is 9.58. The molecule has 8 heteroatoms. The van der Waals surface area contributed by atoms with E-state index in [4.69, 9.17) is 23.6 Å². The highest BCUT2D eigenvalue weighted by molar-refractivity contribution is 6.29. The van der Waals surface area contributed by atoms with Crippen LogP contribution in [0.15, 0.2) is 12.1 Å². The van der Waals surface area contributed by atoms with E-state index in [0.717, 1.165) is 5.69 Å². The van der Waals surface area contributed by atoms with E-state index < -0.39 is 5.60 Å². The van der Waals surface area contributed by atoms with E-state index in [1.54, 1.807) is 10.6 Å². The molecule has 0 spiro atoms. The molecule has 3 heterocycles. The molecule has 100 valence electrons. The van der Waals surface area contributed by atoms with Gasteiger partial charge in [-0.2, -0.15) is 10.4 Å². The summed E-state index contributed by atoms with van der Waals surface area (Å²) in [6.45, 7) is -0.331. The molecule has 20 heavy (non-hydrogen) atoms. The Kier molecular flexibility index (Phi) is 2.89. The predicted molar refractivity (Wildman–Crippen MR) is 71.3 cm³/mol. The zero-order valence-corrected chi connectivity index (χ0v) is 10.7. The molecule has 1 aliphatic rings. The number of ether oxygens (including phenoxy) is 1. The number of hydrogen-bond acceptors (Lipinski definition) is 6. The summed E-state index contributed by atoms with van der Waals surface area (Å²) >= 11 is 0. The number of hydrogen-bond donors (Lipinski definition) is 2. The van der Waals surface area contributed by atoms with Gasteiger partial charge in [-0.25, -0.2) is 9.50 Å². The first kappa shape index (κ1) is 12.9. The lowest BCUT2D eigenvalue weighted by Gasteiger charge is -2.18. The first-order valence-corrected chi connectivity index (χ1v) is 6.19. The number of nitriles is 1. The summed E-state index contributed by atoms with van der Waals surface area (Å²) in [7, 11) is 5.60. The van der Waals surface area contributed by atoms with Gasteiger partial charge in [0.25, 0.3) is 0 Å². The van der Waals surface area contributed by atoms with Gasteiger partial charge in [0.05, 0.1) is 18.0 Å². The molecule has 3 N–H and O–H groups in total. The Labute approximate surface area is 116 Å². The second-order valence-corrected chi connectivity index (χ2v) is 4.82. The molecule has 0 bridgehead atoms. The van der Waals surface area contributed by atoms with Crippen molar-refractivity contribution in [2.75, 3.05) is 12.3 Å². The highest BCUT2D eigenvalue weighted by Crippen LogP contribution is 2.39. The number of aliphatic hydroxyl groups is 1. The van der Waals surface area contributed by atoms with Gasteiger partial charge in [0.1, 0.15) is 17.7 Å². The Morgan fingerprint density at radius 1 is 1.65 bits per heavy atom. The molecular weight excluding hydrogens is 257 g/mol. The van der Waals surface area contributed by atoms with Crippen molar-refractivity contribution in [2.24, 2.45) is 0 Å². The zero-order valence-electron chi connectivity index (χ0n) is 10.7. The van der Waals surface area contributed by atoms with Gasteiger partial charge in [0.15, 0.2) is 19.3 Å². The molecule has 1 fully saturated rings. The van der Waals surface area contributed by atoms with Crippen LogP contribution in [0.3, 0.4) is 0 Å². The van der Waals surface area contributed by atoms with Gasteiger partial charge in [0.2, 0.25) is 0 Å². The monoisotopic (exact) mass is 269 g/mol. The fourth-order valence-electron chi connectivity index (χ4n) is 2.50. The molecule has 0 aromatic carbocycles. The SMILES string of the molecule is [B]c1nc(N)c2ccc(C3CCC(C#N)(CO)O3)n2n1. The van der Waals surface area contributed by atoms with E-state index >= 15 is 0 Å². The van der Waals surface area contributed by atoms with Crippen molar-refractivity contribution < 1.29 is 9.84 Å². The first-order valence-electron chi connectivity index (χ1n) is 6.19. The highest BCUT2D eigenvalue weighted by atomic mass is 16.5. The Morgan fingerprint density at radius 2 is 2.45 bits per heavy atom. The van der Waals surface area contributed by atoms with Gasteiger partial charge < -0.3 is 15.6 Å². The fraction of sp³-hybridized carbons (Fsp3) is 0.417. The zero-order chi connectivity index (χ0) is 14.3. The Hall–Kier alpha value is -2.11. The summed E-state index contributed by atoms with van der Waals surface area (Å²) in [6, 6.07) is 5.62. The van der Waals surface area contributed by atoms with Crippen LogP contribution in [0.5, 0.6) is 0 Å². The Morgan fingerprint density at radius 3 is 3.10 bits per heavy atom. The molecule has 2 aromatic heterocycles. The number of aliphatic hydroxyl groups excluding tert-OH is 1. The van der Waals surface area contributed by atoms with Gasteiger partial charge in [-0.3, -0.25) is 0 Å². The number of fused-ring (bicyclic) bond motifs is 1. The Bertz CT molecular complexity index is 710. The second kappa shape index (κ2) is 4.47. The summed E-state index contributed by atoms with van der Waals surface area (Å²) in [6.07, 6.45) is 0.746. The third kappa shape index (κ3) is 1.83. The largest absolute Gasteiger partial charge is 0.392 e. The van der Waals surface area contributed by atoms with Crippen LogP contribution < -0.4 is 11.5 Å². The van der Waals surface area contributed by atoms with Crippen LogP contribution in [0.2, 0.25) is 0 Å². The molecule has 0 aliphatic carbocycles. The lowest BCUT2D eigenvalue weighted by Crippen LogP contribution is -2.30. The maximum atomic E-state index is 9.31. The quantitative estimate of drug-likeness (QED) is 0.691. The number of aromatic nitrogens is 3. The number of nitrogens with two attached hydrogens (primary N) is 1.